The number of phenols is 1. The Kier molecular flexibility index (Phi) is 6.68. The standard InChI is InChI=1S/C25H27N3OS/c1-19-10-13-28(14-11-19)15-12-26-23-16-25(30-18-23)9-6-22-5-2-21(17-27-22)20-3-7-24(29)8-4-20/h2-5,7-8,16-19,26,29H,10-15H2,1H3. The summed E-state index contributed by atoms with van der Waals surface area (Å²) in [5, 5.41) is 15.1. The van der Waals surface area contributed by atoms with Gasteiger partial charge in [-0.15, -0.1) is 11.3 Å². The zero-order valence-corrected chi connectivity index (χ0v) is 18.1. The lowest BCUT2D eigenvalue weighted by Gasteiger charge is -2.30. The highest BCUT2D eigenvalue weighted by molar-refractivity contribution is 7.11. The summed E-state index contributed by atoms with van der Waals surface area (Å²) in [5.74, 6) is 7.51. The molecule has 0 saturated carbocycles. The number of aromatic hydroxyl groups is 1. The summed E-state index contributed by atoms with van der Waals surface area (Å²) in [5.41, 5.74) is 3.92. The quantitative estimate of drug-likeness (QED) is 0.570. The molecule has 4 rings (SSSR count). The molecule has 0 atom stereocenters. The minimum Gasteiger partial charge on any atom is -0.508 e. The van der Waals surface area contributed by atoms with Crippen molar-refractivity contribution in [1.82, 2.24) is 9.88 Å². The highest BCUT2D eigenvalue weighted by atomic mass is 32.1. The maximum atomic E-state index is 9.40. The number of piperidine rings is 1. The van der Waals surface area contributed by atoms with Crippen molar-refractivity contribution in [2.24, 2.45) is 5.92 Å². The summed E-state index contributed by atoms with van der Waals surface area (Å²) in [6.45, 7) is 6.87. The number of pyridine rings is 1. The van der Waals surface area contributed by atoms with Crippen LogP contribution in [0.1, 0.15) is 30.3 Å². The molecule has 3 heterocycles. The molecule has 1 aliphatic heterocycles. The summed E-state index contributed by atoms with van der Waals surface area (Å²) in [7, 11) is 0. The summed E-state index contributed by atoms with van der Waals surface area (Å²) < 4.78 is 0. The predicted octanol–water partition coefficient (Wildman–Crippen LogP) is 5.06. The molecule has 1 saturated heterocycles. The van der Waals surface area contributed by atoms with Gasteiger partial charge in [-0.3, -0.25) is 0 Å². The number of hydrogen-bond donors (Lipinski definition) is 2. The number of benzene rings is 1. The zero-order valence-electron chi connectivity index (χ0n) is 17.3. The molecule has 5 heteroatoms. The fraction of sp³-hybridized carbons (Fsp3) is 0.320. The van der Waals surface area contributed by atoms with Gasteiger partial charge in [0, 0.05) is 35.9 Å². The lowest BCUT2D eigenvalue weighted by Crippen LogP contribution is -2.36. The summed E-state index contributed by atoms with van der Waals surface area (Å²) in [4.78, 5) is 8.04. The average molecular weight is 418 g/mol. The van der Waals surface area contributed by atoms with E-state index in [2.05, 4.69) is 45.4 Å². The number of nitrogens with one attached hydrogen (secondary N) is 1. The van der Waals surface area contributed by atoms with Gasteiger partial charge in [-0.2, -0.15) is 0 Å². The van der Waals surface area contributed by atoms with Crippen molar-refractivity contribution in [1.29, 1.82) is 0 Å². The molecular formula is C25H27N3OS. The van der Waals surface area contributed by atoms with Crippen LogP contribution in [-0.4, -0.2) is 41.2 Å². The Morgan fingerprint density at radius 3 is 2.60 bits per heavy atom. The lowest BCUT2D eigenvalue weighted by molar-refractivity contribution is 0.199. The van der Waals surface area contributed by atoms with Crippen LogP contribution >= 0.6 is 11.3 Å². The summed E-state index contributed by atoms with van der Waals surface area (Å²) in [6, 6.07) is 13.2. The van der Waals surface area contributed by atoms with Gasteiger partial charge in [0.05, 0.1) is 4.88 Å². The maximum absolute atomic E-state index is 9.40. The zero-order chi connectivity index (χ0) is 20.8. The number of nitrogens with zero attached hydrogens (tertiary/aromatic N) is 2. The molecule has 3 aromatic rings. The van der Waals surface area contributed by atoms with Crippen molar-refractivity contribution in [3.63, 3.8) is 0 Å². The Bertz CT molecular complexity index is 1010. The van der Waals surface area contributed by atoms with E-state index in [0.29, 0.717) is 0 Å². The first-order chi connectivity index (χ1) is 14.7. The Labute approximate surface area is 182 Å². The molecule has 4 nitrogen and oxygen atoms in total. The third kappa shape index (κ3) is 5.63. The molecule has 0 aliphatic carbocycles. The van der Waals surface area contributed by atoms with Gasteiger partial charge in [-0.25, -0.2) is 4.98 Å². The van der Waals surface area contributed by atoms with Gasteiger partial charge in [0.2, 0.25) is 0 Å². The normalized spacial score (nSPS) is 14.8. The number of phenolic OH excluding ortho intramolecular Hbond substituents is 1. The summed E-state index contributed by atoms with van der Waals surface area (Å²) >= 11 is 1.66. The van der Waals surface area contributed by atoms with Crippen molar-refractivity contribution in [2.75, 3.05) is 31.5 Å². The van der Waals surface area contributed by atoms with Crippen LogP contribution in [0.4, 0.5) is 5.69 Å². The molecular weight excluding hydrogens is 390 g/mol. The van der Waals surface area contributed by atoms with Crippen molar-refractivity contribution in [3.8, 4) is 28.7 Å². The molecule has 2 N–H and O–H groups in total. The van der Waals surface area contributed by atoms with Crippen molar-refractivity contribution < 1.29 is 5.11 Å². The predicted molar refractivity (Wildman–Crippen MR) is 125 cm³/mol. The van der Waals surface area contributed by atoms with Gasteiger partial charge in [0.15, 0.2) is 0 Å². The van der Waals surface area contributed by atoms with Crippen LogP contribution in [0.25, 0.3) is 11.1 Å². The Morgan fingerprint density at radius 2 is 1.87 bits per heavy atom. The SMILES string of the molecule is CC1CCN(CCNc2csc(C#Cc3ccc(-c4ccc(O)cc4)cn3)c2)CC1. The van der Waals surface area contributed by atoms with E-state index in [0.717, 1.165) is 46.4 Å². The monoisotopic (exact) mass is 417 g/mol. The number of hydrogen-bond acceptors (Lipinski definition) is 5. The molecule has 1 aliphatic rings. The number of anilines is 1. The van der Waals surface area contributed by atoms with Crippen LogP contribution in [0.2, 0.25) is 0 Å². The molecule has 30 heavy (non-hydrogen) atoms. The van der Waals surface area contributed by atoms with E-state index in [1.807, 2.05) is 30.5 Å². The molecule has 2 aromatic heterocycles. The van der Waals surface area contributed by atoms with Crippen LogP contribution in [0, 0.1) is 17.8 Å². The second-order valence-electron chi connectivity index (χ2n) is 7.88. The van der Waals surface area contributed by atoms with E-state index >= 15 is 0 Å². The second kappa shape index (κ2) is 9.80. The van der Waals surface area contributed by atoms with Crippen LogP contribution in [0.3, 0.4) is 0 Å². The maximum Gasteiger partial charge on any atom is 0.115 e. The molecule has 0 amide bonds. The minimum atomic E-state index is 0.264. The van der Waals surface area contributed by atoms with Crippen LogP contribution in [-0.2, 0) is 0 Å². The van der Waals surface area contributed by atoms with E-state index in [-0.39, 0.29) is 5.75 Å². The van der Waals surface area contributed by atoms with Gasteiger partial charge in [-0.1, -0.05) is 25.1 Å². The first kappa shape index (κ1) is 20.5. The average Bonchev–Trinajstić information content (AvgIpc) is 3.22. The van der Waals surface area contributed by atoms with Crippen LogP contribution < -0.4 is 5.32 Å². The topological polar surface area (TPSA) is 48.4 Å². The molecule has 0 bridgehead atoms. The fourth-order valence-electron chi connectivity index (χ4n) is 3.56. The highest BCUT2D eigenvalue weighted by Crippen LogP contribution is 2.22. The number of likely N-dealkylation sites (tertiary alicyclic amines) is 1. The van der Waals surface area contributed by atoms with Crippen molar-refractivity contribution in [3.05, 3.63) is 64.6 Å². The molecule has 154 valence electrons. The third-order valence-electron chi connectivity index (χ3n) is 5.51. The first-order valence-corrected chi connectivity index (χ1v) is 11.4. The van der Waals surface area contributed by atoms with Crippen LogP contribution in [0.5, 0.6) is 5.75 Å². The first-order valence-electron chi connectivity index (χ1n) is 10.5. The van der Waals surface area contributed by atoms with Gasteiger partial charge in [0.25, 0.3) is 0 Å². The smallest absolute Gasteiger partial charge is 0.115 e. The van der Waals surface area contributed by atoms with Crippen molar-refractivity contribution in [2.45, 2.75) is 19.8 Å². The molecule has 0 radical (unpaired) electrons. The van der Waals surface area contributed by atoms with E-state index in [1.54, 1.807) is 23.5 Å². The largest absolute Gasteiger partial charge is 0.508 e. The molecule has 1 aromatic carbocycles. The molecule has 0 spiro atoms. The van der Waals surface area contributed by atoms with E-state index in [4.69, 9.17) is 0 Å². The van der Waals surface area contributed by atoms with E-state index in [9.17, 15) is 5.11 Å². The lowest BCUT2D eigenvalue weighted by atomic mass is 9.99. The van der Waals surface area contributed by atoms with Gasteiger partial charge < -0.3 is 15.3 Å². The van der Waals surface area contributed by atoms with Gasteiger partial charge in [-0.05, 0) is 73.5 Å². The summed E-state index contributed by atoms with van der Waals surface area (Å²) in [6.07, 6.45) is 4.46. The third-order valence-corrected chi connectivity index (χ3v) is 6.36. The Balaban J connectivity index is 1.29. The van der Waals surface area contributed by atoms with Crippen LogP contribution in [0.15, 0.2) is 54.0 Å². The number of aromatic nitrogens is 1. The molecule has 1 fully saturated rings. The minimum absolute atomic E-state index is 0.264. The Morgan fingerprint density at radius 1 is 1.10 bits per heavy atom. The number of rotatable bonds is 5. The highest BCUT2D eigenvalue weighted by Gasteiger charge is 2.14. The fourth-order valence-corrected chi connectivity index (χ4v) is 4.27. The number of thiophene rings is 1. The van der Waals surface area contributed by atoms with E-state index < -0.39 is 0 Å². The van der Waals surface area contributed by atoms with Crippen molar-refractivity contribution >= 4 is 17.0 Å². The second-order valence-corrected chi connectivity index (χ2v) is 8.79. The Hall–Kier alpha value is -2.81. The van der Waals surface area contributed by atoms with Gasteiger partial charge >= 0.3 is 0 Å². The van der Waals surface area contributed by atoms with E-state index in [1.165, 1.54) is 25.9 Å². The molecule has 0 unspecified atom stereocenters. The van der Waals surface area contributed by atoms with Gasteiger partial charge in [0.1, 0.15) is 11.4 Å².